The van der Waals surface area contributed by atoms with Gasteiger partial charge in [0.15, 0.2) is 5.84 Å². The monoisotopic (exact) mass is 263 g/mol. The molecular formula is C14H21N3O2. The van der Waals surface area contributed by atoms with Gasteiger partial charge >= 0.3 is 0 Å². The average molecular weight is 263 g/mol. The Hall–Kier alpha value is -2.04. The molecule has 1 amide bonds. The molecule has 2 unspecified atom stereocenters. The van der Waals surface area contributed by atoms with Crippen LogP contribution in [0.15, 0.2) is 35.5 Å². The molecule has 2 atom stereocenters. The Morgan fingerprint density at radius 2 is 1.84 bits per heavy atom. The number of carbonyl (C=O) groups excluding carboxylic acids is 1. The lowest BCUT2D eigenvalue weighted by Crippen LogP contribution is -2.49. The molecule has 5 nitrogen and oxygen atoms in total. The van der Waals surface area contributed by atoms with Crippen LogP contribution in [0, 0.1) is 5.92 Å². The summed E-state index contributed by atoms with van der Waals surface area (Å²) in [6.45, 7) is 5.63. The van der Waals surface area contributed by atoms with E-state index in [1.54, 1.807) is 0 Å². The topological polar surface area (TPSA) is 87.7 Å². The number of carbonyl (C=O) groups is 1. The maximum Gasteiger partial charge on any atom is 0.227 e. The quantitative estimate of drug-likeness (QED) is 0.327. The van der Waals surface area contributed by atoms with Gasteiger partial charge < -0.3 is 16.3 Å². The molecule has 0 heterocycles. The van der Waals surface area contributed by atoms with Crippen molar-refractivity contribution in [3.05, 3.63) is 35.9 Å². The number of hydrogen-bond donors (Lipinski definition) is 3. The number of benzene rings is 1. The van der Waals surface area contributed by atoms with Crippen LogP contribution in [0.5, 0.6) is 0 Å². The van der Waals surface area contributed by atoms with Crippen LogP contribution in [0.25, 0.3) is 0 Å². The van der Waals surface area contributed by atoms with E-state index in [2.05, 4.69) is 10.5 Å². The summed E-state index contributed by atoms with van der Waals surface area (Å²) in [5, 5.41) is 14.5. The molecule has 0 radical (unpaired) electrons. The number of nitrogens with two attached hydrogens (primary N) is 1. The zero-order chi connectivity index (χ0) is 14.4. The summed E-state index contributed by atoms with van der Waals surface area (Å²) in [7, 11) is 0. The van der Waals surface area contributed by atoms with Crippen molar-refractivity contribution in [3.63, 3.8) is 0 Å². The second-order valence-corrected chi connectivity index (χ2v) is 4.89. The van der Waals surface area contributed by atoms with Gasteiger partial charge in [0.25, 0.3) is 0 Å². The Morgan fingerprint density at radius 1 is 1.26 bits per heavy atom. The molecule has 1 rings (SSSR count). The highest BCUT2D eigenvalue weighted by Crippen LogP contribution is 2.15. The first kappa shape index (κ1) is 15.0. The van der Waals surface area contributed by atoms with Crippen molar-refractivity contribution < 1.29 is 10.0 Å². The molecule has 0 saturated heterocycles. The fourth-order valence-electron chi connectivity index (χ4n) is 1.82. The number of nitrogens with one attached hydrogen (secondary N) is 1. The zero-order valence-electron chi connectivity index (χ0n) is 11.5. The van der Waals surface area contributed by atoms with Crippen LogP contribution in [0.3, 0.4) is 0 Å². The van der Waals surface area contributed by atoms with E-state index in [0.29, 0.717) is 0 Å². The number of amidine groups is 1. The molecule has 0 spiro atoms. The molecule has 0 bridgehead atoms. The minimum atomic E-state index is -0.469. The van der Waals surface area contributed by atoms with Crippen LogP contribution in [-0.4, -0.2) is 23.0 Å². The molecule has 0 aliphatic carbocycles. The fraction of sp³-hybridized carbons (Fsp3) is 0.429. The maximum absolute atomic E-state index is 12.2. The van der Waals surface area contributed by atoms with Crippen LogP contribution in [-0.2, 0) is 4.79 Å². The predicted octanol–water partition coefficient (Wildman–Crippen LogP) is 1.68. The summed E-state index contributed by atoms with van der Waals surface area (Å²) < 4.78 is 0. The van der Waals surface area contributed by atoms with Gasteiger partial charge in [-0.2, -0.15) is 0 Å². The zero-order valence-corrected chi connectivity index (χ0v) is 11.5. The Bertz CT molecular complexity index is 443. The van der Waals surface area contributed by atoms with Crippen LogP contribution >= 0.6 is 0 Å². The Morgan fingerprint density at radius 3 is 2.32 bits per heavy atom. The van der Waals surface area contributed by atoms with Gasteiger partial charge in [-0.15, -0.1) is 0 Å². The predicted molar refractivity (Wildman–Crippen MR) is 75.0 cm³/mol. The van der Waals surface area contributed by atoms with Crippen molar-refractivity contribution in [2.75, 3.05) is 0 Å². The maximum atomic E-state index is 12.2. The summed E-state index contributed by atoms with van der Waals surface area (Å²) in [6.07, 6.45) is 0. The Labute approximate surface area is 113 Å². The van der Waals surface area contributed by atoms with Gasteiger partial charge in [-0.05, 0) is 18.4 Å². The number of amides is 1. The minimum absolute atomic E-state index is 0.0172. The van der Waals surface area contributed by atoms with Crippen molar-refractivity contribution in [1.82, 2.24) is 5.32 Å². The van der Waals surface area contributed by atoms with Crippen molar-refractivity contribution in [1.29, 1.82) is 0 Å². The first-order chi connectivity index (χ1) is 8.97. The Balaban J connectivity index is 2.78. The molecule has 0 aliphatic heterocycles. The second-order valence-electron chi connectivity index (χ2n) is 4.89. The standard InChI is InChI=1S/C14H21N3O2/c1-9(2)12(13(15)17-19)16-14(18)10(3)11-7-5-4-6-8-11/h4-10,12,19H,1-3H3,(H2,15,17)(H,16,18). The fourth-order valence-corrected chi connectivity index (χ4v) is 1.82. The van der Waals surface area contributed by atoms with Crippen LogP contribution < -0.4 is 11.1 Å². The first-order valence-electron chi connectivity index (χ1n) is 6.30. The lowest BCUT2D eigenvalue weighted by atomic mass is 9.98. The van der Waals surface area contributed by atoms with E-state index >= 15 is 0 Å². The molecule has 0 aliphatic rings. The van der Waals surface area contributed by atoms with Crippen molar-refractivity contribution in [2.45, 2.75) is 32.7 Å². The van der Waals surface area contributed by atoms with E-state index < -0.39 is 6.04 Å². The van der Waals surface area contributed by atoms with Gasteiger partial charge in [-0.25, -0.2) is 0 Å². The van der Waals surface area contributed by atoms with Crippen molar-refractivity contribution in [2.24, 2.45) is 16.8 Å². The van der Waals surface area contributed by atoms with Crippen LogP contribution in [0.2, 0.25) is 0 Å². The summed E-state index contributed by atoms with van der Waals surface area (Å²) in [5.41, 5.74) is 6.52. The van der Waals surface area contributed by atoms with E-state index in [-0.39, 0.29) is 23.6 Å². The average Bonchev–Trinajstić information content (AvgIpc) is 2.43. The van der Waals surface area contributed by atoms with Crippen LogP contribution in [0.4, 0.5) is 0 Å². The first-order valence-corrected chi connectivity index (χ1v) is 6.30. The Kier molecular flexibility index (Phi) is 5.36. The van der Waals surface area contributed by atoms with Gasteiger partial charge in [-0.3, -0.25) is 4.79 Å². The molecular weight excluding hydrogens is 242 g/mol. The van der Waals surface area contributed by atoms with Gasteiger partial charge in [0.2, 0.25) is 5.91 Å². The van der Waals surface area contributed by atoms with E-state index in [0.717, 1.165) is 5.56 Å². The smallest absolute Gasteiger partial charge is 0.227 e. The highest BCUT2D eigenvalue weighted by molar-refractivity contribution is 5.92. The largest absolute Gasteiger partial charge is 0.409 e. The highest BCUT2D eigenvalue weighted by Gasteiger charge is 2.24. The molecule has 0 saturated carbocycles. The molecule has 1 aromatic carbocycles. The van der Waals surface area contributed by atoms with Gasteiger partial charge in [0.05, 0.1) is 12.0 Å². The van der Waals surface area contributed by atoms with E-state index in [1.807, 2.05) is 51.1 Å². The van der Waals surface area contributed by atoms with Crippen molar-refractivity contribution >= 4 is 11.7 Å². The number of hydrogen-bond acceptors (Lipinski definition) is 3. The van der Waals surface area contributed by atoms with Crippen molar-refractivity contribution in [3.8, 4) is 0 Å². The van der Waals surface area contributed by atoms with Crippen LogP contribution in [0.1, 0.15) is 32.3 Å². The summed E-state index contributed by atoms with van der Waals surface area (Å²) in [4.78, 5) is 12.2. The van der Waals surface area contributed by atoms with E-state index in [1.165, 1.54) is 0 Å². The van der Waals surface area contributed by atoms with Gasteiger partial charge in [0.1, 0.15) is 0 Å². The van der Waals surface area contributed by atoms with Gasteiger partial charge in [-0.1, -0.05) is 49.3 Å². The molecule has 1 aromatic rings. The number of rotatable bonds is 5. The third-order valence-electron chi connectivity index (χ3n) is 3.09. The molecule has 19 heavy (non-hydrogen) atoms. The van der Waals surface area contributed by atoms with Gasteiger partial charge in [0, 0.05) is 0 Å². The van der Waals surface area contributed by atoms with E-state index in [4.69, 9.17) is 10.9 Å². The lowest BCUT2D eigenvalue weighted by molar-refractivity contribution is -0.122. The molecule has 4 N–H and O–H groups in total. The lowest BCUT2D eigenvalue weighted by Gasteiger charge is -2.23. The number of nitrogens with zero attached hydrogens (tertiary/aromatic N) is 1. The molecule has 104 valence electrons. The SMILES string of the molecule is CC(C(=O)NC(/C(N)=N/O)C(C)C)c1ccccc1. The summed E-state index contributed by atoms with van der Waals surface area (Å²) in [6, 6.07) is 9.02. The highest BCUT2D eigenvalue weighted by atomic mass is 16.4. The normalized spacial score (nSPS) is 15.1. The second kappa shape index (κ2) is 6.78. The van der Waals surface area contributed by atoms with E-state index in [9.17, 15) is 4.79 Å². The third-order valence-corrected chi connectivity index (χ3v) is 3.09. The third kappa shape index (κ3) is 3.98. The summed E-state index contributed by atoms with van der Waals surface area (Å²) in [5.74, 6) is -0.364. The minimum Gasteiger partial charge on any atom is -0.409 e. The molecule has 0 aromatic heterocycles. The number of oxime groups is 1. The molecule has 5 heteroatoms. The summed E-state index contributed by atoms with van der Waals surface area (Å²) >= 11 is 0. The molecule has 0 fully saturated rings.